The normalized spacial score (nSPS) is 14.7. The lowest BCUT2D eigenvalue weighted by Gasteiger charge is -2.33. The van der Waals surface area contributed by atoms with E-state index >= 15 is 0 Å². The maximum Gasteiger partial charge on any atom is 0.0496 e. The standard InChI is InChI=1S/C65H73N/c1-61(2,3)47-35-45(36-48(39-47)62(4,5)6)42-26-28-51(29-27-42)66(52-30-31-56-55-23-17-18-25-58(55)65(13,14)59(56)41-52)60-33-32-53(54-22-15-16-24-57(54)60)44-21-19-20-43(34-44)46-37-49(63(7,8)9)40-50(38-46)64(10,11)12/h17-21,23,25-41H,15-16,22,24H2,1-14H3. The van der Waals surface area contributed by atoms with Crippen molar-refractivity contribution in [2.75, 3.05) is 4.90 Å². The molecule has 0 atom stereocenters. The lowest BCUT2D eigenvalue weighted by Crippen LogP contribution is -2.18. The first-order valence-corrected chi connectivity index (χ1v) is 24.7. The SMILES string of the molecule is CC(C)(C)c1cc(-c2ccc(N(c3ccc4c(c3)C(C)(C)c3ccccc3-4)c3ccc(-c4cccc(-c5cc(C(C)(C)C)cc(C(C)(C)C)c5)c4)c4c3CCCC4)cc2)cc(C(C)(C)C)c1. The van der Waals surface area contributed by atoms with E-state index in [1.165, 1.54) is 119 Å². The minimum Gasteiger partial charge on any atom is -0.310 e. The molecule has 0 saturated heterocycles. The summed E-state index contributed by atoms with van der Waals surface area (Å²) in [6, 6.07) is 54.5. The topological polar surface area (TPSA) is 3.24 Å². The van der Waals surface area contributed by atoms with Crippen molar-refractivity contribution in [1.82, 2.24) is 0 Å². The molecule has 0 aliphatic heterocycles. The lowest BCUT2D eigenvalue weighted by molar-refractivity contribution is 0.568. The number of benzene rings is 7. The van der Waals surface area contributed by atoms with Gasteiger partial charge in [-0.2, -0.15) is 0 Å². The van der Waals surface area contributed by atoms with Crippen LogP contribution in [-0.2, 0) is 39.9 Å². The number of anilines is 3. The fourth-order valence-electron chi connectivity index (χ4n) is 10.6. The van der Waals surface area contributed by atoms with Crippen LogP contribution in [-0.4, -0.2) is 0 Å². The van der Waals surface area contributed by atoms with Crippen molar-refractivity contribution >= 4 is 17.1 Å². The van der Waals surface area contributed by atoms with Crippen LogP contribution < -0.4 is 4.90 Å². The molecule has 0 radical (unpaired) electrons. The summed E-state index contributed by atoms with van der Waals surface area (Å²) in [6.07, 6.45) is 4.54. The second-order valence-electron chi connectivity index (χ2n) is 24.3. The summed E-state index contributed by atoms with van der Waals surface area (Å²) < 4.78 is 0. The van der Waals surface area contributed by atoms with Crippen LogP contribution in [0.15, 0.2) is 140 Å². The molecule has 0 amide bonds. The Bertz CT molecular complexity index is 2900. The van der Waals surface area contributed by atoms with Gasteiger partial charge in [0.1, 0.15) is 0 Å². The molecule has 7 aromatic carbocycles. The van der Waals surface area contributed by atoms with Gasteiger partial charge in [-0.15, -0.1) is 0 Å². The summed E-state index contributed by atoms with van der Waals surface area (Å²) in [5.74, 6) is 0. The van der Waals surface area contributed by atoms with Gasteiger partial charge in [0, 0.05) is 22.5 Å². The molecule has 0 aromatic heterocycles. The molecule has 1 nitrogen and oxygen atoms in total. The lowest BCUT2D eigenvalue weighted by atomic mass is 9.78. The van der Waals surface area contributed by atoms with Gasteiger partial charge in [0.05, 0.1) is 0 Å². The number of rotatable bonds is 6. The predicted octanol–water partition coefficient (Wildman–Crippen LogP) is 18.5. The summed E-state index contributed by atoms with van der Waals surface area (Å²) in [6.45, 7) is 32.7. The molecule has 0 spiro atoms. The van der Waals surface area contributed by atoms with E-state index in [9.17, 15) is 0 Å². The second kappa shape index (κ2) is 16.3. The average Bonchev–Trinajstić information content (AvgIpc) is 3.50. The van der Waals surface area contributed by atoms with Gasteiger partial charge in [0.15, 0.2) is 0 Å². The first-order valence-electron chi connectivity index (χ1n) is 24.7. The summed E-state index contributed by atoms with van der Waals surface area (Å²) in [7, 11) is 0. The van der Waals surface area contributed by atoms with Crippen molar-refractivity contribution < 1.29 is 0 Å². The van der Waals surface area contributed by atoms with Crippen LogP contribution in [0.3, 0.4) is 0 Å². The summed E-state index contributed by atoms with van der Waals surface area (Å²) in [5, 5.41) is 0. The molecular weight excluding hydrogens is 795 g/mol. The van der Waals surface area contributed by atoms with Gasteiger partial charge in [-0.3, -0.25) is 0 Å². The zero-order valence-electron chi connectivity index (χ0n) is 42.6. The molecular formula is C65H73N. The van der Waals surface area contributed by atoms with E-state index in [4.69, 9.17) is 0 Å². The number of hydrogen-bond donors (Lipinski definition) is 0. The van der Waals surface area contributed by atoms with Crippen LogP contribution in [0.5, 0.6) is 0 Å². The zero-order valence-corrected chi connectivity index (χ0v) is 42.6. The average molecular weight is 868 g/mol. The van der Waals surface area contributed by atoms with Crippen molar-refractivity contribution in [3.63, 3.8) is 0 Å². The number of nitrogens with zero attached hydrogens (tertiary/aromatic N) is 1. The molecule has 0 N–H and O–H groups in total. The molecule has 0 bridgehead atoms. The molecule has 66 heavy (non-hydrogen) atoms. The molecule has 2 aliphatic rings. The van der Waals surface area contributed by atoms with Crippen molar-refractivity contribution in [3.05, 3.63) is 184 Å². The smallest absolute Gasteiger partial charge is 0.0496 e. The van der Waals surface area contributed by atoms with E-state index in [0.29, 0.717) is 0 Å². The van der Waals surface area contributed by atoms with Gasteiger partial charge in [-0.05, 0) is 173 Å². The maximum absolute atomic E-state index is 2.58. The Balaban J connectivity index is 1.19. The summed E-state index contributed by atoms with van der Waals surface area (Å²) in [4.78, 5) is 2.58. The van der Waals surface area contributed by atoms with Crippen molar-refractivity contribution in [2.45, 2.75) is 150 Å². The minimum absolute atomic E-state index is 0.0491. The zero-order chi connectivity index (χ0) is 47.1. The highest BCUT2D eigenvalue weighted by Gasteiger charge is 2.36. The first kappa shape index (κ1) is 45.5. The van der Waals surface area contributed by atoms with E-state index in [-0.39, 0.29) is 27.1 Å². The van der Waals surface area contributed by atoms with Crippen LogP contribution >= 0.6 is 0 Å². The Morgan fingerprint density at radius 2 is 0.848 bits per heavy atom. The van der Waals surface area contributed by atoms with E-state index in [0.717, 1.165) is 12.8 Å². The Hall–Kier alpha value is -5.66. The fourth-order valence-corrected chi connectivity index (χ4v) is 10.6. The van der Waals surface area contributed by atoms with Crippen LogP contribution in [0.2, 0.25) is 0 Å². The largest absolute Gasteiger partial charge is 0.310 e. The Morgan fingerprint density at radius 3 is 1.42 bits per heavy atom. The molecule has 7 aromatic rings. The maximum atomic E-state index is 2.58. The van der Waals surface area contributed by atoms with E-state index in [2.05, 4.69) is 241 Å². The number of hydrogen-bond acceptors (Lipinski definition) is 1. The minimum atomic E-state index is -0.103. The van der Waals surface area contributed by atoms with Crippen molar-refractivity contribution in [1.29, 1.82) is 0 Å². The van der Waals surface area contributed by atoms with Crippen LogP contribution in [0, 0.1) is 0 Å². The molecule has 1 heteroatoms. The highest BCUT2D eigenvalue weighted by atomic mass is 15.1. The van der Waals surface area contributed by atoms with Crippen LogP contribution in [0.4, 0.5) is 17.1 Å². The Kier molecular flexibility index (Phi) is 11.2. The molecule has 2 aliphatic carbocycles. The van der Waals surface area contributed by atoms with Gasteiger partial charge in [-0.25, -0.2) is 0 Å². The third-order valence-electron chi connectivity index (χ3n) is 14.9. The van der Waals surface area contributed by atoms with E-state index < -0.39 is 0 Å². The highest BCUT2D eigenvalue weighted by Crippen LogP contribution is 2.52. The van der Waals surface area contributed by atoms with Gasteiger partial charge in [0.2, 0.25) is 0 Å². The van der Waals surface area contributed by atoms with E-state index in [1.807, 2.05) is 0 Å². The van der Waals surface area contributed by atoms with Crippen molar-refractivity contribution in [3.8, 4) is 44.5 Å². The summed E-state index contributed by atoms with van der Waals surface area (Å²) in [5.41, 5.74) is 25.6. The molecule has 0 fully saturated rings. The molecule has 0 unspecified atom stereocenters. The van der Waals surface area contributed by atoms with Gasteiger partial charge in [0.25, 0.3) is 0 Å². The molecule has 0 saturated carbocycles. The van der Waals surface area contributed by atoms with Gasteiger partial charge < -0.3 is 4.90 Å². The van der Waals surface area contributed by atoms with Gasteiger partial charge in [-0.1, -0.05) is 200 Å². The van der Waals surface area contributed by atoms with E-state index in [1.54, 1.807) is 0 Å². The molecule has 338 valence electrons. The Labute approximate surface area is 398 Å². The molecule has 0 heterocycles. The van der Waals surface area contributed by atoms with Crippen LogP contribution in [0.1, 0.15) is 154 Å². The fraction of sp³-hybridized carbons (Fsp3) is 0.354. The highest BCUT2D eigenvalue weighted by molar-refractivity contribution is 5.88. The van der Waals surface area contributed by atoms with Crippen LogP contribution in [0.25, 0.3) is 44.5 Å². The molecule has 9 rings (SSSR count). The third-order valence-corrected chi connectivity index (χ3v) is 14.9. The second-order valence-corrected chi connectivity index (χ2v) is 24.3. The quantitative estimate of drug-likeness (QED) is 0.161. The number of fused-ring (bicyclic) bond motifs is 4. The predicted molar refractivity (Wildman–Crippen MR) is 286 cm³/mol. The monoisotopic (exact) mass is 868 g/mol. The van der Waals surface area contributed by atoms with Crippen molar-refractivity contribution in [2.24, 2.45) is 0 Å². The summed E-state index contributed by atoms with van der Waals surface area (Å²) >= 11 is 0. The first-order chi connectivity index (χ1) is 31.0. The Morgan fingerprint density at radius 1 is 0.364 bits per heavy atom. The third kappa shape index (κ3) is 8.49. The van der Waals surface area contributed by atoms with Gasteiger partial charge >= 0.3 is 0 Å².